The van der Waals surface area contributed by atoms with E-state index in [1.807, 2.05) is 11.3 Å². The molecule has 1 heterocycles. The first-order valence-electron chi connectivity index (χ1n) is 21.2. The molecule has 0 aliphatic rings. The minimum Gasteiger partial charge on any atom is -0.309 e. The van der Waals surface area contributed by atoms with Crippen LogP contribution in [0.2, 0.25) is 0 Å². The number of benzene rings is 10. The van der Waals surface area contributed by atoms with Crippen molar-refractivity contribution in [1.82, 2.24) is 0 Å². The highest BCUT2D eigenvalue weighted by atomic mass is 32.1. The Balaban J connectivity index is 1.07. The first-order chi connectivity index (χ1) is 30.8. The van der Waals surface area contributed by atoms with Crippen molar-refractivity contribution >= 4 is 48.6 Å². The number of thiophene rings is 1. The Morgan fingerprint density at radius 3 is 0.984 bits per heavy atom. The van der Waals surface area contributed by atoms with Crippen molar-refractivity contribution in [2.75, 3.05) is 4.90 Å². The summed E-state index contributed by atoms with van der Waals surface area (Å²) in [5, 5.41) is 2.53. The van der Waals surface area contributed by atoms with Gasteiger partial charge in [0.2, 0.25) is 0 Å². The molecule has 1 nitrogen and oxygen atoms in total. The number of hydrogen-bond donors (Lipinski definition) is 0. The van der Waals surface area contributed by atoms with Crippen LogP contribution in [-0.4, -0.2) is 0 Å². The quantitative estimate of drug-likeness (QED) is 0.140. The first-order valence-corrected chi connectivity index (χ1v) is 22.0. The van der Waals surface area contributed by atoms with E-state index >= 15 is 0 Å². The summed E-state index contributed by atoms with van der Waals surface area (Å²) in [4.78, 5) is 2.44. The van der Waals surface area contributed by atoms with Crippen LogP contribution >= 0.6 is 11.3 Å². The molecule has 62 heavy (non-hydrogen) atoms. The predicted octanol–water partition coefficient (Wildman–Crippen LogP) is 17.5. The van der Waals surface area contributed by atoms with Gasteiger partial charge in [-0.05, 0) is 91.5 Å². The van der Waals surface area contributed by atoms with E-state index < -0.39 is 0 Å². The molecule has 11 aromatic rings. The highest BCUT2D eigenvalue weighted by Crippen LogP contribution is 2.49. The lowest BCUT2D eigenvalue weighted by molar-refractivity contribution is 1.30. The third-order valence-corrected chi connectivity index (χ3v) is 13.2. The molecule has 0 unspecified atom stereocenters. The van der Waals surface area contributed by atoms with Crippen LogP contribution in [0.4, 0.5) is 17.1 Å². The van der Waals surface area contributed by atoms with Gasteiger partial charge in [-0.3, -0.25) is 0 Å². The van der Waals surface area contributed by atoms with Crippen molar-refractivity contribution in [3.63, 3.8) is 0 Å². The summed E-state index contributed by atoms with van der Waals surface area (Å²) >= 11 is 1.89. The second kappa shape index (κ2) is 16.3. The average molecular weight is 808 g/mol. The highest BCUT2D eigenvalue weighted by Gasteiger charge is 2.21. The molecular formula is C60H41NS. The Morgan fingerprint density at radius 2 is 0.548 bits per heavy atom. The van der Waals surface area contributed by atoms with Gasteiger partial charge >= 0.3 is 0 Å². The zero-order valence-electron chi connectivity index (χ0n) is 34.0. The van der Waals surface area contributed by atoms with Crippen LogP contribution in [0.1, 0.15) is 0 Å². The van der Waals surface area contributed by atoms with Gasteiger partial charge in [0, 0.05) is 32.4 Å². The van der Waals surface area contributed by atoms with Gasteiger partial charge in [-0.25, -0.2) is 0 Å². The van der Waals surface area contributed by atoms with E-state index in [4.69, 9.17) is 0 Å². The van der Waals surface area contributed by atoms with Gasteiger partial charge in [0.25, 0.3) is 0 Å². The Kier molecular flexibility index (Phi) is 9.82. The van der Waals surface area contributed by atoms with E-state index in [0.717, 1.165) is 17.1 Å². The van der Waals surface area contributed by atoms with Gasteiger partial charge in [-0.1, -0.05) is 218 Å². The maximum atomic E-state index is 2.44. The summed E-state index contributed by atoms with van der Waals surface area (Å²) in [5.41, 5.74) is 18.0. The SMILES string of the molecule is c1ccc(-c2ccccc2-c2ccc(N(c3ccc(-c4ccccc4-c4ccccc4)cc3)c3cccc4c3sc3c(-c5ccccc5-c5ccccc5)cccc34)cc2)cc1. The summed E-state index contributed by atoms with van der Waals surface area (Å²) in [7, 11) is 0. The number of rotatable bonds is 9. The van der Waals surface area contributed by atoms with E-state index in [2.05, 4.69) is 254 Å². The molecule has 2 heteroatoms. The van der Waals surface area contributed by atoms with E-state index in [9.17, 15) is 0 Å². The van der Waals surface area contributed by atoms with Crippen molar-refractivity contribution in [3.8, 4) is 66.8 Å². The fraction of sp³-hybridized carbons (Fsp3) is 0. The van der Waals surface area contributed by atoms with Crippen LogP contribution in [0.5, 0.6) is 0 Å². The van der Waals surface area contributed by atoms with Gasteiger partial charge in [-0.15, -0.1) is 11.3 Å². The molecule has 0 spiro atoms. The molecule has 0 bridgehead atoms. The largest absolute Gasteiger partial charge is 0.309 e. The van der Waals surface area contributed by atoms with Gasteiger partial charge in [-0.2, -0.15) is 0 Å². The lowest BCUT2D eigenvalue weighted by Crippen LogP contribution is -2.10. The maximum Gasteiger partial charge on any atom is 0.0640 e. The smallest absolute Gasteiger partial charge is 0.0640 e. The number of anilines is 3. The normalized spacial score (nSPS) is 11.2. The first kappa shape index (κ1) is 37.2. The maximum absolute atomic E-state index is 2.44. The Morgan fingerprint density at radius 1 is 0.226 bits per heavy atom. The van der Waals surface area contributed by atoms with Crippen molar-refractivity contribution in [3.05, 3.63) is 249 Å². The van der Waals surface area contributed by atoms with Gasteiger partial charge < -0.3 is 4.90 Å². The van der Waals surface area contributed by atoms with Crippen LogP contribution in [0.25, 0.3) is 86.9 Å². The summed E-state index contributed by atoms with van der Waals surface area (Å²) in [6.07, 6.45) is 0. The molecule has 0 amide bonds. The summed E-state index contributed by atoms with van der Waals surface area (Å²) < 4.78 is 2.54. The second-order valence-corrected chi connectivity index (χ2v) is 16.6. The van der Waals surface area contributed by atoms with Crippen LogP contribution < -0.4 is 4.90 Å². The van der Waals surface area contributed by atoms with Crippen molar-refractivity contribution in [2.24, 2.45) is 0 Å². The number of hydrogen-bond acceptors (Lipinski definition) is 2. The second-order valence-electron chi connectivity index (χ2n) is 15.6. The summed E-state index contributed by atoms with van der Waals surface area (Å²) in [6, 6.07) is 90.1. The molecule has 10 aromatic carbocycles. The molecule has 0 fully saturated rings. The van der Waals surface area contributed by atoms with E-state index in [1.165, 1.54) is 86.9 Å². The van der Waals surface area contributed by atoms with Crippen molar-refractivity contribution in [1.29, 1.82) is 0 Å². The average Bonchev–Trinajstić information content (AvgIpc) is 3.75. The minimum absolute atomic E-state index is 1.10. The predicted molar refractivity (Wildman–Crippen MR) is 267 cm³/mol. The Hall–Kier alpha value is -7.78. The van der Waals surface area contributed by atoms with Crippen molar-refractivity contribution < 1.29 is 0 Å². The third kappa shape index (κ3) is 6.87. The van der Waals surface area contributed by atoms with Crippen LogP contribution in [0.3, 0.4) is 0 Å². The molecule has 0 aliphatic carbocycles. The standard InChI is InChI=1S/C60H41NS/c1-4-18-42(19-5-1)49-24-10-12-26-51(49)45-34-38-47(39-35-45)61(48-40-36-46(37-41-48)52-27-13-11-25-50(52)43-20-6-2-7-21-43)58-33-17-32-57-56-31-16-30-55(59(56)62-60(57)58)54-29-15-14-28-53(54)44-22-8-3-9-23-44/h1-41H. The molecule has 1 aromatic heterocycles. The molecule has 0 saturated heterocycles. The molecular weight excluding hydrogens is 767 g/mol. The fourth-order valence-corrected chi connectivity index (χ4v) is 10.3. The molecule has 0 radical (unpaired) electrons. The van der Waals surface area contributed by atoms with Gasteiger partial charge in [0.05, 0.1) is 10.4 Å². The highest BCUT2D eigenvalue weighted by molar-refractivity contribution is 7.27. The number of nitrogens with zero attached hydrogens (tertiary/aromatic N) is 1. The van der Waals surface area contributed by atoms with Gasteiger partial charge in [0.1, 0.15) is 0 Å². The molecule has 0 N–H and O–H groups in total. The zero-order valence-corrected chi connectivity index (χ0v) is 34.8. The van der Waals surface area contributed by atoms with Crippen LogP contribution in [0, 0.1) is 0 Å². The zero-order chi connectivity index (χ0) is 41.2. The fourth-order valence-electron chi connectivity index (χ4n) is 9.00. The van der Waals surface area contributed by atoms with E-state index in [0.29, 0.717) is 0 Å². The molecule has 11 rings (SSSR count). The van der Waals surface area contributed by atoms with E-state index in [-0.39, 0.29) is 0 Å². The molecule has 292 valence electrons. The van der Waals surface area contributed by atoms with Crippen molar-refractivity contribution in [2.45, 2.75) is 0 Å². The number of fused-ring (bicyclic) bond motifs is 3. The summed E-state index contributed by atoms with van der Waals surface area (Å²) in [5.74, 6) is 0. The summed E-state index contributed by atoms with van der Waals surface area (Å²) in [6.45, 7) is 0. The monoisotopic (exact) mass is 807 g/mol. The molecule has 0 atom stereocenters. The van der Waals surface area contributed by atoms with E-state index in [1.54, 1.807) is 0 Å². The lowest BCUT2D eigenvalue weighted by atomic mass is 9.93. The minimum atomic E-state index is 1.10. The molecule has 0 aliphatic heterocycles. The van der Waals surface area contributed by atoms with Crippen LogP contribution in [0.15, 0.2) is 249 Å². The Bertz CT molecular complexity index is 3190. The topological polar surface area (TPSA) is 3.24 Å². The van der Waals surface area contributed by atoms with Gasteiger partial charge in [0.15, 0.2) is 0 Å². The van der Waals surface area contributed by atoms with Crippen LogP contribution in [-0.2, 0) is 0 Å². The third-order valence-electron chi connectivity index (χ3n) is 11.9. The molecule has 0 saturated carbocycles. The lowest BCUT2D eigenvalue weighted by Gasteiger charge is -2.26. The Labute approximate surface area is 367 Å².